The number of likely N-dealkylation sites (tertiary alicyclic amines) is 1. The van der Waals surface area contributed by atoms with Crippen molar-refractivity contribution >= 4 is 35.6 Å². The number of nitrogens with one attached hydrogen (secondary N) is 1. The SMILES string of the molecule is CN=C(NCc1cccc(N2CC=CC2)c1)N1CCC(OCC2CCCC2)CC1.I. The molecule has 0 atom stereocenters. The third-order valence-corrected chi connectivity index (χ3v) is 6.54. The van der Waals surface area contributed by atoms with Crippen molar-refractivity contribution in [3.63, 3.8) is 0 Å². The Morgan fingerprint density at radius 1 is 1.10 bits per heavy atom. The maximum atomic E-state index is 6.22. The lowest BCUT2D eigenvalue weighted by Gasteiger charge is -2.34. The molecule has 1 aliphatic carbocycles. The molecule has 0 unspecified atom stereocenters. The topological polar surface area (TPSA) is 40.1 Å². The van der Waals surface area contributed by atoms with Crippen molar-refractivity contribution in [2.75, 3.05) is 44.7 Å². The number of hydrogen-bond acceptors (Lipinski definition) is 3. The highest BCUT2D eigenvalue weighted by Gasteiger charge is 2.24. The van der Waals surface area contributed by atoms with Crippen LogP contribution in [0.25, 0.3) is 0 Å². The van der Waals surface area contributed by atoms with Gasteiger partial charge in [-0.3, -0.25) is 4.99 Å². The highest BCUT2D eigenvalue weighted by atomic mass is 127. The molecule has 6 heteroatoms. The molecule has 2 heterocycles. The number of nitrogens with zero attached hydrogens (tertiary/aromatic N) is 3. The van der Waals surface area contributed by atoms with E-state index in [1.54, 1.807) is 0 Å². The van der Waals surface area contributed by atoms with Crippen molar-refractivity contribution in [1.82, 2.24) is 10.2 Å². The Hall–Kier alpha value is -1.28. The second-order valence-electron chi connectivity index (χ2n) is 8.62. The van der Waals surface area contributed by atoms with Crippen LogP contribution in [0.5, 0.6) is 0 Å². The van der Waals surface area contributed by atoms with Crippen molar-refractivity contribution in [3.8, 4) is 0 Å². The fourth-order valence-electron chi connectivity index (χ4n) is 4.75. The van der Waals surface area contributed by atoms with Crippen molar-refractivity contribution in [2.24, 2.45) is 10.9 Å². The van der Waals surface area contributed by atoms with Crippen molar-refractivity contribution < 1.29 is 4.74 Å². The van der Waals surface area contributed by atoms with E-state index in [0.717, 1.165) is 64.0 Å². The number of hydrogen-bond donors (Lipinski definition) is 1. The van der Waals surface area contributed by atoms with Gasteiger partial charge in [0.15, 0.2) is 5.96 Å². The first-order chi connectivity index (χ1) is 14.3. The molecule has 4 rings (SSSR count). The molecule has 5 nitrogen and oxygen atoms in total. The van der Waals surface area contributed by atoms with Gasteiger partial charge in [0.2, 0.25) is 0 Å². The van der Waals surface area contributed by atoms with Crippen LogP contribution in [-0.4, -0.2) is 56.8 Å². The van der Waals surface area contributed by atoms with Gasteiger partial charge in [-0.25, -0.2) is 0 Å². The van der Waals surface area contributed by atoms with Gasteiger partial charge in [0.25, 0.3) is 0 Å². The Bertz CT molecular complexity index is 701. The number of piperidine rings is 1. The van der Waals surface area contributed by atoms with E-state index >= 15 is 0 Å². The first-order valence-corrected chi connectivity index (χ1v) is 11.4. The average molecular weight is 524 g/mol. The van der Waals surface area contributed by atoms with Gasteiger partial charge in [-0.15, -0.1) is 24.0 Å². The summed E-state index contributed by atoms with van der Waals surface area (Å²) in [4.78, 5) is 9.29. The normalized spacial score (nSPS) is 20.6. The van der Waals surface area contributed by atoms with E-state index in [9.17, 15) is 0 Å². The summed E-state index contributed by atoms with van der Waals surface area (Å²) in [5.74, 6) is 1.82. The second kappa shape index (κ2) is 11.9. The molecule has 0 amide bonds. The Morgan fingerprint density at radius 3 is 2.53 bits per heavy atom. The molecule has 2 fully saturated rings. The quantitative estimate of drug-likeness (QED) is 0.259. The largest absolute Gasteiger partial charge is 0.378 e. The number of aliphatic imine (C=N–C) groups is 1. The van der Waals surface area contributed by atoms with Crippen molar-refractivity contribution in [3.05, 3.63) is 42.0 Å². The zero-order chi connectivity index (χ0) is 19.9. The minimum absolute atomic E-state index is 0. The second-order valence-corrected chi connectivity index (χ2v) is 8.62. The van der Waals surface area contributed by atoms with E-state index in [1.807, 2.05) is 7.05 Å². The Kier molecular flexibility index (Phi) is 9.30. The lowest BCUT2D eigenvalue weighted by atomic mass is 10.1. The van der Waals surface area contributed by atoms with Crippen LogP contribution in [-0.2, 0) is 11.3 Å². The number of benzene rings is 1. The zero-order valence-corrected chi connectivity index (χ0v) is 20.6. The summed E-state index contributed by atoms with van der Waals surface area (Å²) in [5.41, 5.74) is 2.59. The van der Waals surface area contributed by atoms with Crippen LogP contribution in [0.1, 0.15) is 44.1 Å². The van der Waals surface area contributed by atoms with Crippen LogP contribution in [0, 0.1) is 5.92 Å². The molecule has 3 aliphatic rings. The standard InChI is InChI=1S/C24H36N4O.HI/c1-25-24(26-18-21-9-6-10-22(17-21)27-13-4-5-14-27)28-15-11-23(12-16-28)29-19-20-7-2-3-8-20;/h4-6,9-10,17,20,23H,2-3,7-8,11-16,18-19H2,1H3,(H,25,26);1H. The molecule has 1 saturated carbocycles. The van der Waals surface area contributed by atoms with Crippen LogP contribution >= 0.6 is 24.0 Å². The summed E-state index contributed by atoms with van der Waals surface area (Å²) in [5, 5.41) is 3.57. The third-order valence-electron chi connectivity index (χ3n) is 6.54. The third kappa shape index (κ3) is 6.36. The summed E-state index contributed by atoms with van der Waals surface area (Å²) in [6, 6.07) is 8.83. The van der Waals surface area contributed by atoms with Crippen LogP contribution in [0.15, 0.2) is 41.4 Å². The summed E-state index contributed by atoms with van der Waals surface area (Å²) in [7, 11) is 1.89. The average Bonchev–Trinajstić information content (AvgIpc) is 3.48. The van der Waals surface area contributed by atoms with Gasteiger partial charge >= 0.3 is 0 Å². The summed E-state index contributed by atoms with van der Waals surface area (Å²) >= 11 is 0. The van der Waals surface area contributed by atoms with Gasteiger partial charge in [-0.2, -0.15) is 0 Å². The highest BCUT2D eigenvalue weighted by Crippen LogP contribution is 2.26. The van der Waals surface area contributed by atoms with E-state index in [-0.39, 0.29) is 24.0 Å². The van der Waals surface area contributed by atoms with Gasteiger partial charge in [0.05, 0.1) is 6.10 Å². The molecule has 0 aromatic heterocycles. The Morgan fingerprint density at radius 2 is 1.83 bits per heavy atom. The summed E-state index contributed by atoms with van der Waals surface area (Å²) < 4.78 is 6.22. The number of ether oxygens (including phenoxy) is 1. The predicted octanol–water partition coefficient (Wildman–Crippen LogP) is 4.43. The first-order valence-electron chi connectivity index (χ1n) is 11.4. The number of halogens is 1. The molecule has 2 aliphatic heterocycles. The molecule has 0 bridgehead atoms. The van der Waals surface area contributed by atoms with Gasteiger partial charge in [-0.05, 0) is 49.3 Å². The maximum absolute atomic E-state index is 6.22. The molecular weight excluding hydrogens is 487 g/mol. The number of guanidine groups is 1. The predicted molar refractivity (Wildman–Crippen MR) is 136 cm³/mol. The lowest BCUT2D eigenvalue weighted by Crippen LogP contribution is -2.46. The smallest absolute Gasteiger partial charge is 0.193 e. The highest BCUT2D eigenvalue weighted by molar-refractivity contribution is 14.0. The molecule has 0 spiro atoms. The van der Waals surface area contributed by atoms with Gasteiger partial charge in [0.1, 0.15) is 0 Å². The molecule has 30 heavy (non-hydrogen) atoms. The molecule has 1 N–H and O–H groups in total. The van der Waals surface area contributed by atoms with Crippen molar-refractivity contribution in [2.45, 2.75) is 51.2 Å². The van der Waals surface area contributed by atoms with Crippen LogP contribution in [0.4, 0.5) is 5.69 Å². The molecule has 0 radical (unpaired) electrons. The van der Waals surface area contributed by atoms with Crippen molar-refractivity contribution in [1.29, 1.82) is 0 Å². The first kappa shape index (κ1) is 23.4. The molecular formula is C24H37IN4O. The van der Waals surface area contributed by atoms with E-state index in [4.69, 9.17) is 4.74 Å². The van der Waals surface area contributed by atoms with Crippen LogP contribution < -0.4 is 10.2 Å². The zero-order valence-electron chi connectivity index (χ0n) is 18.3. The van der Waals surface area contributed by atoms with Crippen LogP contribution in [0.3, 0.4) is 0 Å². The monoisotopic (exact) mass is 524 g/mol. The maximum Gasteiger partial charge on any atom is 0.193 e. The fraction of sp³-hybridized carbons (Fsp3) is 0.625. The summed E-state index contributed by atoms with van der Waals surface area (Å²) in [6.45, 7) is 5.84. The molecule has 166 valence electrons. The molecule has 1 aromatic rings. The Labute approximate surface area is 199 Å². The Balaban J connectivity index is 0.00000256. The minimum Gasteiger partial charge on any atom is -0.378 e. The van der Waals surface area contributed by atoms with Gasteiger partial charge in [-0.1, -0.05) is 37.1 Å². The molecule has 1 aromatic carbocycles. The van der Waals surface area contributed by atoms with Gasteiger partial charge < -0.3 is 19.9 Å². The van der Waals surface area contributed by atoms with E-state index < -0.39 is 0 Å². The van der Waals surface area contributed by atoms with E-state index in [1.165, 1.54) is 36.9 Å². The van der Waals surface area contributed by atoms with E-state index in [0.29, 0.717) is 6.10 Å². The lowest BCUT2D eigenvalue weighted by molar-refractivity contribution is 0.00101. The van der Waals surface area contributed by atoms with E-state index in [2.05, 4.69) is 56.5 Å². The number of anilines is 1. The fourth-order valence-corrected chi connectivity index (χ4v) is 4.75. The summed E-state index contributed by atoms with van der Waals surface area (Å²) in [6.07, 6.45) is 12.6. The number of rotatable bonds is 6. The van der Waals surface area contributed by atoms with Crippen LogP contribution in [0.2, 0.25) is 0 Å². The van der Waals surface area contributed by atoms with Gasteiger partial charge in [0, 0.05) is 52.1 Å². The minimum atomic E-state index is 0. The molecule has 1 saturated heterocycles.